The lowest BCUT2D eigenvalue weighted by Crippen LogP contribution is -2.16. The number of halogens is 3. The Bertz CT molecular complexity index is 686. The molecule has 0 saturated carbocycles. The number of amides is 1. The Morgan fingerprint density at radius 2 is 1.80 bits per heavy atom. The minimum absolute atomic E-state index is 0.277. The molecular formula is C14H11F3N2O. The number of rotatable bonds is 2. The van der Waals surface area contributed by atoms with Crippen LogP contribution in [-0.4, -0.2) is 5.91 Å². The Hall–Kier alpha value is -2.50. The van der Waals surface area contributed by atoms with Crippen LogP contribution in [0.3, 0.4) is 0 Å². The standard InChI is InChI=1S/C14H11F3N2O/c1-7-2-5-10(18)11(6-7)19-14(20)8-3-4-9(15)13(17)12(8)16/h2-6H,18H2,1H3,(H,19,20). The van der Waals surface area contributed by atoms with Gasteiger partial charge in [-0.15, -0.1) is 0 Å². The Balaban J connectivity index is 2.33. The van der Waals surface area contributed by atoms with Gasteiger partial charge in [-0.05, 0) is 36.8 Å². The van der Waals surface area contributed by atoms with Crippen molar-refractivity contribution in [3.05, 3.63) is 58.9 Å². The normalized spacial score (nSPS) is 10.4. The van der Waals surface area contributed by atoms with Gasteiger partial charge >= 0.3 is 0 Å². The van der Waals surface area contributed by atoms with Gasteiger partial charge in [0.25, 0.3) is 5.91 Å². The molecule has 0 fully saturated rings. The first-order valence-corrected chi connectivity index (χ1v) is 5.71. The van der Waals surface area contributed by atoms with Crippen LogP contribution in [0.4, 0.5) is 24.5 Å². The smallest absolute Gasteiger partial charge is 0.258 e. The topological polar surface area (TPSA) is 55.1 Å². The second kappa shape index (κ2) is 5.24. The summed E-state index contributed by atoms with van der Waals surface area (Å²) in [6, 6.07) is 6.46. The molecule has 0 radical (unpaired) electrons. The maximum atomic E-state index is 13.5. The zero-order valence-electron chi connectivity index (χ0n) is 10.5. The maximum absolute atomic E-state index is 13.5. The highest BCUT2D eigenvalue weighted by Gasteiger charge is 2.19. The van der Waals surface area contributed by atoms with E-state index in [1.807, 2.05) is 0 Å². The van der Waals surface area contributed by atoms with Gasteiger partial charge in [0.1, 0.15) is 0 Å². The van der Waals surface area contributed by atoms with Crippen LogP contribution in [0.2, 0.25) is 0 Å². The summed E-state index contributed by atoms with van der Waals surface area (Å²) in [6.45, 7) is 1.78. The Kier molecular flexibility index (Phi) is 3.65. The van der Waals surface area contributed by atoms with Gasteiger partial charge in [-0.2, -0.15) is 0 Å². The van der Waals surface area contributed by atoms with Crippen LogP contribution in [-0.2, 0) is 0 Å². The van der Waals surface area contributed by atoms with Gasteiger partial charge in [0, 0.05) is 0 Å². The van der Waals surface area contributed by atoms with E-state index in [0.29, 0.717) is 6.07 Å². The van der Waals surface area contributed by atoms with Crippen molar-refractivity contribution in [2.75, 3.05) is 11.1 Å². The number of carbonyl (C=O) groups excluding carboxylic acids is 1. The van der Waals surface area contributed by atoms with Gasteiger partial charge in [-0.3, -0.25) is 4.79 Å². The predicted molar refractivity (Wildman–Crippen MR) is 69.9 cm³/mol. The van der Waals surface area contributed by atoms with Crippen molar-refractivity contribution in [2.24, 2.45) is 0 Å². The summed E-state index contributed by atoms with van der Waals surface area (Å²) < 4.78 is 39.4. The third-order valence-electron chi connectivity index (χ3n) is 2.74. The highest BCUT2D eigenvalue weighted by atomic mass is 19.2. The van der Waals surface area contributed by atoms with Crippen LogP contribution in [0.25, 0.3) is 0 Å². The number of hydrogen-bond donors (Lipinski definition) is 2. The lowest BCUT2D eigenvalue weighted by atomic mass is 10.1. The molecule has 2 aromatic rings. The molecule has 3 nitrogen and oxygen atoms in total. The summed E-state index contributed by atoms with van der Waals surface area (Å²) in [5.41, 5.74) is 6.47. The number of nitrogen functional groups attached to an aromatic ring is 1. The van der Waals surface area contributed by atoms with Gasteiger partial charge in [0.05, 0.1) is 16.9 Å². The highest BCUT2D eigenvalue weighted by Crippen LogP contribution is 2.22. The number of benzene rings is 2. The van der Waals surface area contributed by atoms with E-state index in [1.54, 1.807) is 25.1 Å². The monoisotopic (exact) mass is 280 g/mol. The SMILES string of the molecule is Cc1ccc(N)c(NC(=O)c2ccc(F)c(F)c2F)c1. The highest BCUT2D eigenvalue weighted by molar-refractivity contribution is 6.06. The lowest BCUT2D eigenvalue weighted by Gasteiger charge is -2.10. The van der Waals surface area contributed by atoms with Crippen molar-refractivity contribution in [1.82, 2.24) is 0 Å². The zero-order chi connectivity index (χ0) is 14.9. The quantitative estimate of drug-likeness (QED) is 0.655. The molecule has 0 spiro atoms. The van der Waals surface area contributed by atoms with Gasteiger partial charge in [0.2, 0.25) is 0 Å². The first kappa shape index (κ1) is 13.9. The molecule has 6 heteroatoms. The van der Waals surface area contributed by atoms with Crippen molar-refractivity contribution in [1.29, 1.82) is 0 Å². The number of aryl methyl sites for hydroxylation is 1. The number of anilines is 2. The summed E-state index contributed by atoms with van der Waals surface area (Å²) in [7, 11) is 0. The molecule has 1 amide bonds. The molecule has 104 valence electrons. The fourth-order valence-electron chi connectivity index (χ4n) is 1.67. The molecule has 0 aliphatic carbocycles. The Morgan fingerprint density at radius 1 is 1.10 bits per heavy atom. The number of nitrogens with one attached hydrogen (secondary N) is 1. The largest absolute Gasteiger partial charge is 0.397 e. The van der Waals surface area contributed by atoms with E-state index in [-0.39, 0.29) is 11.4 Å². The summed E-state index contributed by atoms with van der Waals surface area (Å²) in [5, 5.41) is 2.36. The molecule has 2 rings (SSSR count). The van der Waals surface area contributed by atoms with E-state index in [1.165, 1.54) is 0 Å². The van der Waals surface area contributed by atoms with Crippen LogP contribution >= 0.6 is 0 Å². The third-order valence-corrected chi connectivity index (χ3v) is 2.74. The van der Waals surface area contributed by atoms with Crippen molar-refractivity contribution in [2.45, 2.75) is 6.92 Å². The van der Waals surface area contributed by atoms with Crippen LogP contribution < -0.4 is 11.1 Å². The van der Waals surface area contributed by atoms with Crippen LogP contribution in [0.1, 0.15) is 15.9 Å². The van der Waals surface area contributed by atoms with E-state index in [9.17, 15) is 18.0 Å². The molecule has 20 heavy (non-hydrogen) atoms. The maximum Gasteiger partial charge on any atom is 0.258 e. The van der Waals surface area contributed by atoms with Gasteiger partial charge in [-0.25, -0.2) is 13.2 Å². The number of carbonyl (C=O) groups is 1. The molecule has 0 unspecified atom stereocenters. The van der Waals surface area contributed by atoms with Crippen LogP contribution in [0.5, 0.6) is 0 Å². The average molecular weight is 280 g/mol. The molecule has 0 atom stereocenters. The van der Waals surface area contributed by atoms with Crippen molar-refractivity contribution in [3.8, 4) is 0 Å². The van der Waals surface area contributed by atoms with E-state index >= 15 is 0 Å². The number of nitrogens with two attached hydrogens (primary N) is 1. The van der Waals surface area contributed by atoms with Gasteiger partial charge in [-0.1, -0.05) is 6.07 Å². The third kappa shape index (κ3) is 2.59. The minimum Gasteiger partial charge on any atom is -0.397 e. The fraction of sp³-hybridized carbons (Fsp3) is 0.0714. The molecule has 0 aliphatic rings. The second-order valence-electron chi connectivity index (χ2n) is 4.27. The van der Waals surface area contributed by atoms with Crippen LogP contribution in [0, 0.1) is 24.4 Å². The van der Waals surface area contributed by atoms with Crippen molar-refractivity contribution in [3.63, 3.8) is 0 Å². The summed E-state index contributed by atoms with van der Waals surface area (Å²) in [5.74, 6) is -5.48. The zero-order valence-corrected chi connectivity index (χ0v) is 10.5. The fourth-order valence-corrected chi connectivity index (χ4v) is 1.67. The summed E-state index contributed by atoms with van der Waals surface area (Å²) in [6.07, 6.45) is 0. The summed E-state index contributed by atoms with van der Waals surface area (Å²) in [4.78, 5) is 11.9. The minimum atomic E-state index is -1.69. The molecule has 2 aromatic carbocycles. The Morgan fingerprint density at radius 3 is 2.50 bits per heavy atom. The van der Waals surface area contributed by atoms with E-state index in [4.69, 9.17) is 5.73 Å². The van der Waals surface area contributed by atoms with Gasteiger partial charge < -0.3 is 11.1 Å². The van der Waals surface area contributed by atoms with E-state index < -0.39 is 28.9 Å². The number of hydrogen-bond acceptors (Lipinski definition) is 2. The average Bonchev–Trinajstić information content (AvgIpc) is 2.40. The van der Waals surface area contributed by atoms with E-state index in [0.717, 1.165) is 11.6 Å². The molecule has 0 aromatic heterocycles. The predicted octanol–water partition coefficient (Wildman–Crippen LogP) is 3.25. The molecule has 0 saturated heterocycles. The molecule has 0 aliphatic heterocycles. The Labute approximate surface area is 113 Å². The van der Waals surface area contributed by atoms with Crippen molar-refractivity contribution < 1.29 is 18.0 Å². The second-order valence-corrected chi connectivity index (χ2v) is 4.27. The first-order valence-electron chi connectivity index (χ1n) is 5.71. The summed E-state index contributed by atoms with van der Waals surface area (Å²) >= 11 is 0. The first-order chi connectivity index (χ1) is 9.40. The van der Waals surface area contributed by atoms with Crippen LogP contribution in [0.15, 0.2) is 30.3 Å². The molecule has 0 bridgehead atoms. The molecule has 0 heterocycles. The van der Waals surface area contributed by atoms with Crippen molar-refractivity contribution >= 4 is 17.3 Å². The van der Waals surface area contributed by atoms with E-state index in [2.05, 4.69) is 5.32 Å². The molecular weight excluding hydrogens is 269 g/mol. The molecule has 3 N–H and O–H groups in total. The lowest BCUT2D eigenvalue weighted by molar-refractivity contribution is 0.102. The van der Waals surface area contributed by atoms with Gasteiger partial charge in [0.15, 0.2) is 17.5 Å².